The molecule has 0 saturated carbocycles. The fraction of sp³-hybridized carbons (Fsp3) is 0.143. The number of carboxylic acids is 2. The number of hydrogen-bond acceptors (Lipinski definition) is 3. The molecule has 12 heavy (non-hydrogen) atoms. The fourth-order valence-electron chi connectivity index (χ4n) is 0.805. The maximum Gasteiger partial charge on any atom is 0.323 e. The van der Waals surface area contributed by atoms with E-state index >= 15 is 0 Å². The summed E-state index contributed by atoms with van der Waals surface area (Å²) in [7, 11) is 0. The van der Waals surface area contributed by atoms with Crippen LogP contribution in [-0.4, -0.2) is 22.2 Å². The fourth-order valence-corrected chi connectivity index (χ4v) is 1.61. The van der Waals surface area contributed by atoms with Crippen molar-refractivity contribution in [2.75, 3.05) is 0 Å². The van der Waals surface area contributed by atoms with Crippen LogP contribution < -0.4 is 0 Å². The first-order valence-electron chi connectivity index (χ1n) is 3.12. The minimum Gasteiger partial charge on any atom is -0.480 e. The van der Waals surface area contributed by atoms with Crippen molar-refractivity contribution in [3.63, 3.8) is 0 Å². The molecular weight excluding hydrogens is 180 g/mol. The van der Waals surface area contributed by atoms with Gasteiger partial charge in [-0.3, -0.25) is 9.59 Å². The van der Waals surface area contributed by atoms with E-state index in [-0.39, 0.29) is 0 Å². The van der Waals surface area contributed by atoms with Gasteiger partial charge in [0.15, 0.2) is 5.92 Å². The van der Waals surface area contributed by atoms with Gasteiger partial charge in [0.1, 0.15) is 0 Å². The molecular formula is C7H6O4S. The van der Waals surface area contributed by atoms with Crippen molar-refractivity contribution in [3.8, 4) is 0 Å². The first kappa shape index (κ1) is 8.73. The molecule has 5 heteroatoms. The van der Waals surface area contributed by atoms with Gasteiger partial charge in [0, 0.05) is 4.88 Å². The van der Waals surface area contributed by atoms with E-state index in [2.05, 4.69) is 0 Å². The van der Waals surface area contributed by atoms with Crippen molar-refractivity contribution < 1.29 is 19.8 Å². The smallest absolute Gasteiger partial charge is 0.323 e. The Kier molecular flexibility index (Phi) is 2.44. The van der Waals surface area contributed by atoms with Crippen LogP contribution in [0.4, 0.5) is 0 Å². The summed E-state index contributed by atoms with van der Waals surface area (Å²) in [5.41, 5.74) is 0. The molecule has 64 valence electrons. The summed E-state index contributed by atoms with van der Waals surface area (Å²) >= 11 is 1.13. The van der Waals surface area contributed by atoms with E-state index in [9.17, 15) is 9.59 Å². The van der Waals surface area contributed by atoms with Gasteiger partial charge in [0.2, 0.25) is 0 Å². The molecule has 1 aromatic heterocycles. The Morgan fingerprint density at radius 3 is 2.25 bits per heavy atom. The lowest BCUT2D eigenvalue weighted by molar-refractivity contribution is -0.149. The number of hydrogen-bond donors (Lipinski definition) is 2. The predicted octanol–water partition coefficient (Wildman–Crippen LogP) is 1.00. The third-order valence-electron chi connectivity index (χ3n) is 1.32. The third-order valence-corrected chi connectivity index (χ3v) is 2.26. The zero-order chi connectivity index (χ0) is 9.14. The molecule has 0 aliphatic carbocycles. The molecule has 4 nitrogen and oxygen atoms in total. The summed E-state index contributed by atoms with van der Waals surface area (Å²) in [6.07, 6.45) is 0. The van der Waals surface area contributed by atoms with Gasteiger partial charge in [0.25, 0.3) is 0 Å². The van der Waals surface area contributed by atoms with E-state index in [0.29, 0.717) is 4.88 Å². The predicted molar refractivity (Wildman–Crippen MR) is 42.3 cm³/mol. The molecule has 0 bridgehead atoms. The number of aliphatic carboxylic acids is 2. The number of rotatable bonds is 3. The van der Waals surface area contributed by atoms with Crippen molar-refractivity contribution in [1.29, 1.82) is 0 Å². The second kappa shape index (κ2) is 3.36. The van der Waals surface area contributed by atoms with Crippen LogP contribution in [0.5, 0.6) is 0 Å². The monoisotopic (exact) mass is 186 g/mol. The van der Waals surface area contributed by atoms with Crippen LogP contribution in [0.3, 0.4) is 0 Å². The SMILES string of the molecule is O=C(O)C(C(=O)O)c1cccs1. The van der Waals surface area contributed by atoms with Crippen LogP contribution in [0.15, 0.2) is 17.5 Å². The van der Waals surface area contributed by atoms with Crippen LogP contribution in [-0.2, 0) is 9.59 Å². The van der Waals surface area contributed by atoms with Crippen LogP contribution in [0.2, 0.25) is 0 Å². The molecule has 2 N–H and O–H groups in total. The summed E-state index contributed by atoms with van der Waals surface area (Å²) < 4.78 is 0. The zero-order valence-corrected chi connectivity index (χ0v) is 6.75. The molecule has 0 atom stereocenters. The Balaban J connectivity index is 2.96. The van der Waals surface area contributed by atoms with Gasteiger partial charge in [0.05, 0.1) is 0 Å². The highest BCUT2D eigenvalue weighted by atomic mass is 32.1. The lowest BCUT2D eigenvalue weighted by atomic mass is 10.1. The van der Waals surface area contributed by atoms with E-state index in [1.807, 2.05) is 0 Å². The van der Waals surface area contributed by atoms with Crippen LogP contribution in [0.25, 0.3) is 0 Å². The van der Waals surface area contributed by atoms with Gasteiger partial charge in [-0.2, -0.15) is 0 Å². The van der Waals surface area contributed by atoms with Gasteiger partial charge in [-0.05, 0) is 11.4 Å². The van der Waals surface area contributed by atoms with Crippen molar-refractivity contribution in [3.05, 3.63) is 22.4 Å². The maximum atomic E-state index is 10.5. The van der Waals surface area contributed by atoms with Crippen molar-refractivity contribution >= 4 is 23.3 Å². The lowest BCUT2D eigenvalue weighted by Gasteiger charge is -2.02. The minimum absolute atomic E-state index is 0.343. The largest absolute Gasteiger partial charge is 0.480 e. The van der Waals surface area contributed by atoms with E-state index in [4.69, 9.17) is 10.2 Å². The van der Waals surface area contributed by atoms with Crippen molar-refractivity contribution in [2.45, 2.75) is 5.92 Å². The van der Waals surface area contributed by atoms with Gasteiger partial charge in [-0.25, -0.2) is 0 Å². The molecule has 0 aliphatic heterocycles. The normalized spacial score (nSPS) is 10.1. The first-order valence-corrected chi connectivity index (χ1v) is 4.00. The molecule has 0 amide bonds. The van der Waals surface area contributed by atoms with Crippen LogP contribution >= 0.6 is 11.3 Å². The molecule has 1 rings (SSSR count). The number of carbonyl (C=O) groups is 2. The van der Waals surface area contributed by atoms with Crippen LogP contribution in [0.1, 0.15) is 10.8 Å². The first-order chi connectivity index (χ1) is 5.63. The van der Waals surface area contributed by atoms with Gasteiger partial charge in [-0.15, -0.1) is 11.3 Å². The molecule has 0 radical (unpaired) electrons. The topological polar surface area (TPSA) is 74.6 Å². The van der Waals surface area contributed by atoms with Gasteiger partial charge < -0.3 is 10.2 Å². The second-order valence-corrected chi connectivity index (χ2v) is 3.10. The van der Waals surface area contributed by atoms with E-state index in [1.165, 1.54) is 6.07 Å². The second-order valence-electron chi connectivity index (χ2n) is 2.12. The highest BCUT2D eigenvalue weighted by molar-refractivity contribution is 7.10. The zero-order valence-electron chi connectivity index (χ0n) is 5.93. The molecule has 0 fully saturated rings. The Bertz CT molecular complexity index is 276. The molecule has 1 aromatic rings. The molecule has 0 unspecified atom stereocenters. The van der Waals surface area contributed by atoms with E-state index < -0.39 is 17.9 Å². The highest BCUT2D eigenvalue weighted by Crippen LogP contribution is 2.21. The number of carboxylic acid groups (broad SMARTS) is 2. The summed E-state index contributed by atoms with van der Waals surface area (Å²) in [6, 6.07) is 3.12. The summed E-state index contributed by atoms with van der Waals surface area (Å²) in [6.45, 7) is 0. The van der Waals surface area contributed by atoms with E-state index in [1.54, 1.807) is 11.4 Å². The maximum absolute atomic E-state index is 10.5. The molecule has 0 aromatic carbocycles. The Morgan fingerprint density at radius 1 is 1.33 bits per heavy atom. The summed E-state index contributed by atoms with van der Waals surface area (Å²) in [5, 5.41) is 18.7. The highest BCUT2D eigenvalue weighted by Gasteiger charge is 2.28. The third kappa shape index (κ3) is 1.62. The van der Waals surface area contributed by atoms with E-state index in [0.717, 1.165) is 11.3 Å². The summed E-state index contributed by atoms with van der Waals surface area (Å²) in [4.78, 5) is 21.3. The summed E-state index contributed by atoms with van der Waals surface area (Å²) in [5.74, 6) is -4.08. The average molecular weight is 186 g/mol. The van der Waals surface area contributed by atoms with Crippen molar-refractivity contribution in [2.24, 2.45) is 0 Å². The Labute approximate surface area is 72.1 Å². The Hall–Kier alpha value is -1.36. The number of thiophene rings is 1. The van der Waals surface area contributed by atoms with Crippen molar-refractivity contribution in [1.82, 2.24) is 0 Å². The van der Waals surface area contributed by atoms with Gasteiger partial charge >= 0.3 is 11.9 Å². The molecule has 0 spiro atoms. The van der Waals surface area contributed by atoms with Gasteiger partial charge in [-0.1, -0.05) is 6.07 Å². The lowest BCUT2D eigenvalue weighted by Crippen LogP contribution is -2.19. The molecule has 0 saturated heterocycles. The molecule has 1 heterocycles. The standard InChI is InChI=1S/C7H6O4S/c8-6(9)5(7(10)11)4-2-1-3-12-4/h1-3,5H,(H,8,9)(H,10,11). The van der Waals surface area contributed by atoms with Crippen LogP contribution in [0, 0.1) is 0 Å². The average Bonchev–Trinajstić information content (AvgIpc) is 2.37. The quantitative estimate of drug-likeness (QED) is 0.690. The minimum atomic E-state index is -1.43. The molecule has 0 aliphatic rings. The Morgan fingerprint density at radius 2 is 1.92 bits per heavy atom.